The van der Waals surface area contributed by atoms with Gasteiger partial charge in [-0.15, -0.1) is 5.10 Å². The molecule has 2 aromatic rings. The van der Waals surface area contributed by atoms with Crippen molar-refractivity contribution in [3.05, 3.63) is 23.8 Å². The molecule has 6 heteroatoms. The van der Waals surface area contributed by atoms with E-state index in [1.807, 2.05) is 29.8 Å². The van der Waals surface area contributed by atoms with Crippen LogP contribution in [0.15, 0.2) is 28.3 Å². The minimum Gasteiger partial charge on any atom is -0.398 e. The van der Waals surface area contributed by atoms with E-state index < -0.39 is 0 Å². The van der Waals surface area contributed by atoms with Crippen LogP contribution >= 0.6 is 11.8 Å². The molecule has 0 radical (unpaired) electrons. The first kappa shape index (κ1) is 10.6. The number of nitrogens with two attached hydrogens (primary N) is 1. The number of nitrogens with zero attached hydrogens (tertiary/aromatic N) is 4. The monoisotopic (exact) mass is 247 g/mol. The van der Waals surface area contributed by atoms with Crippen LogP contribution in [0.3, 0.4) is 0 Å². The van der Waals surface area contributed by atoms with E-state index in [2.05, 4.69) is 15.5 Å². The second-order valence-electron chi connectivity index (χ2n) is 4.28. The molecule has 88 valence electrons. The third-order valence-electron chi connectivity index (χ3n) is 2.72. The van der Waals surface area contributed by atoms with E-state index in [0.29, 0.717) is 6.04 Å². The molecule has 1 aromatic carbocycles. The Hall–Kier alpha value is -1.56. The maximum absolute atomic E-state index is 5.98. The molecule has 0 spiro atoms. The lowest BCUT2D eigenvalue weighted by Gasteiger charge is -2.05. The summed E-state index contributed by atoms with van der Waals surface area (Å²) in [5.41, 5.74) is 7.92. The standard InChI is InChI=1S/C11H13N5S/c1-7-2-5-10(9(12)6-7)17-11-13-14-15-16(11)8-3-4-8/h2,5-6,8H,3-4,12H2,1H3. The van der Waals surface area contributed by atoms with Crippen molar-refractivity contribution in [2.24, 2.45) is 0 Å². The van der Waals surface area contributed by atoms with Crippen LogP contribution in [0.2, 0.25) is 0 Å². The van der Waals surface area contributed by atoms with Crippen molar-refractivity contribution in [1.82, 2.24) is 20.2 Å². The maximum atomic E-state index is 5.98. The number of rotatable bonds is 3. The number of anilines is 1. The van der Waals surface area contributed by atoms with Gasteiger partial charge in [-0.25, -0.2) is 4.68 Å². The van der Waals surface area contributed by atoms with Crippen molar-refractivity contribution in [2.75, 3.05) is 5.73 Å². The zero-order valence-corrected chi connectivity index (χ0v) is 10.3. The second kappa shape index (κ2) is 4.03. The van der Waals surface area contributed by atoms with Crippen molar-refractivity contribution < 1.29 is 0 Å². The van der Waals surface area contributed by atoms with E-state index in [1.165, 1.54) is 24.6 Å². The smallest absolute Gasteiger partial charge is 0.214 e. The molecule has 1 saturated carbocycles. The average Bonchev–Trinajstić information content (AvgIpc) is 3.03. The third kappa shape index (κ3) is 2.12. The number of aromatic nitrogens is 4. The number of hydrogen-bond acceptors (Lipinski definition) is 5. The van der Waals surface area contributed by atoms with Gasteiger partial charge in [-0.1, -0.05) is 6.07 Å². The Morgan fingerprint density at radius 1 is 1.41 bits per heavy atom. The fourth-order valence-electron chi connectivity index (χ4n) is 1.66. The molecule has 17 heavy (non-hydrogen) atoms. The molecule has 1 fully saturated rings. The fraction of sp³-hybridized carbons (Fsp3) is 0.364. The van der Waals surface area contributed by atoms with Gasteiger partial charge in [0.2, 0.25) is 5.16 Å². The topological polar surface area (TPSA) is 69.6 Å². The predicted octanol–water partition coefficient (Wildman–Crippen LogP) is 2.05. The maximum Gasteiger partial charge on any atom is 0.214 e. The van der Waals surface area contributed by atoms with Gasteiger partial charge in [0.15, 0.2) is 0 Å². The van der Waals surface area contributed by atoms with Gasteiger partial charge >= 0.3 is 0 Å². The Morgan fingerprint density at radius 3 is 2.94 bits per heavy atom. The molecule has 1 aliphatic carbocycles. The highest BCUT2D eigenvalue weighted by atomic mass is 32.2. The molecular formula is C11H13N5S. The summed E-state index contributed by atoms with van der Waals surface area (Å²) in [6.45, 7) is 2.03. The van der Waals surface area contributed by atoms with E-state index >= 15 is 0 Å². The highest BCUT2D eigenvalue weighted by molar-refractivity contribution is 7.99. The highest BCUT2D eigenvalue weighted by Crippen LogP contribution is 2.39. The summed E-state index contributed by atoms with van der Waals surface area (Å²) in [5, 5.41) is 12.6. The summed E-state index contributed by atoms with van der Waals surface area (Å²) >= 11 is 1.53. The Bertz CT molecular complexity index is 547. The largest absolute Gasteiger partial charge is 0.398 e. The van der Waals surface area contributed by atoms with Gasteiger partial charge in [0, 0.05) is 10.6 Å². The van der Waals surface area contributed by atoms with Crippen LogP contribution in [0, 0.1) is 6.92 Å². The molecule has 2 N–H and O–H groups in total. The summed E-state index contributed by atoms with van der Waals surface area (Å²) in [6.07, 6.45) is 2.34. The summed E-state index contributed by atoms with van der Waals surface area (Å²) in [7, 11) is 0. The van der Waals surface area contributed by atoms with Crippen molar-refractivity contribution in [3.8, 4) is 0 Å². The van der Waals surface area contributed by atoms with Gasteiger partial charge in [0.1, 0.15) is 0 Å². The van der Waals surface area contributed by atoms with Gasteiger partial charge in [0.25, 0.3) is 0 Å². The van der Waals surface area contributed by atoms with Crippen LogP contribution in [-0.2, 0) is 0 Å². The first-order valence-electron chi connectivity index (χ1n) is 5.56. The van der Waals surface area contributed by atoms with Gasteiger partial charge in [-0.3, -0.25) is 0 Å². The van der Waals surface area contributed by atoms with E-state index in [-0.39, 0.29) is 0 Å². The second-order valence-corrected chi connectivity index (χ2v) is 5.29. The summed E-state index contributed by atoms with van der Waals surface area (Å²) in [6, 6.07) is 6.51. The van der Waals surface area contributed by atoms with E-state index in [1.54, 1.807) is 0 Å². The summed E-state index contributed by atoms with van der Waals surface area (Å²) in [5.74, 6) is 0. The molecule has 1 aliphatic rings. The highest BCUT2D eigenvalue weighted by Gasteiger charge is 2.28. The number of aryl methyl sites for hydroxylation is 1. The van der Waals surface area contributed by atoms with Gasteiger partial charge < -0.3 is 5.73 Å². The first-order valence-corrected chi connectivity index (χ1v) is 6.37. The fourth-order valence-corrected chi connectivity index (χ4v) is 2.53. The van der Waals surface area contributed by atoms with Crippen LogP contribution in [0.4, 0.5) is 5.69 Å². The molecule has 0 atom stereocenters. The third-order valence-corrected chi connectivity index (χ3v) is 3.76. The summed E-state index contributed by atoms with van der Waals surface area (Å²) < 4.78 is 1.89. The molecule has 0 saturated heterocycles. The first-order chi connectivity index (χ1) is 8.24. The SMILES string of the molecule is Cc1ccc(Sc2nnnn2C2CC2)c(N)c1. The molecule has 0 bridgehead atoms. The van der Waals surface area contributed by atoms with Crippen molar-refractivity contribution >= 4 is 17.4 Å². The van der Waals surface area contributed by atoms with Gasteiger partial charge in [-0.2, -0.15) is 0 Å². The minimum atomic E-state index is 0.485. The Balaban J connectivity index is 1.88. The number of hydrogen-bond donors (Lipinski definition) is 1. The molecule has 5 nitrogen and oxygen atoms in total. The van der Waals surface area contributed by atoms with E-state index in [0.717, 1.165) is 21.3 Å². The lowest BCUT2D eigenvalue weighted by molar-refractivity contribution is 0.565. The molecule has 0 unspecified atom stereocenters. The van der Waals surface area contributed by atoms with Crippen LogP contribution in [0.5, 0.6) is 0 Å². The zero-order valence-electron chi connectivity index (χ0n) is 9.50. The van der Waals surface area contributed by atoms with Gasteiger partial charge in [0.05, 0.1) is 6.04 Å². The molecule has 0 amide bonds. The number of tetrazole rings is 1. The van der Waals surface area contributed by atoms with E-state index in [4.69, 9.17) is 5.73 Å². The molecule has 3 rings (SSSR count). The van der Waals surface area contributed by atoms with Crippen LogP contribution in [0.25, 0.3) is 0 Å². The lowest BCUT2D eigenvalue weighted by atomic mass is 10.2. The minimum absolute atomic E-state index is 0.485. The van der Waals surface area contributed by atoms with Crippen LogP contribution in [0.1, 0.15) is 24.4 Å². The Morgan fingerprint density at radius 2 is 2.24 bits per heavy atom. The van der Waals surface area contributed by atoms with Crippen LogP contribution in [-0.4, -0.2) is 20.2 Å². The van der Waals surface area contributed by atoms with Crippen molar-refractivity contribution in [2.45, 2.75) is 35.9 Å². The summed E-state index contributed by atoms with van der Waals surface area (Å²) in [4.78, 5) is 1.01. The molecular weight excluding hydrogens is 234 g/mol. The zero-order chi connectivity index (χ0) is 11.8. The number of nitrogen functional groups attached to an aromatic ring is 1. The lowest BCUT2D eigenvalue weighted by Crippen LogP contribution is -1.99. The van der Waals surface area contributed by atoms with Crippen LogP contribution < -0.4 is 5.73 Å². The van der Waals surface area contributed by atoms with E-state index in [9.17, 15) is 0 Å². The number of benzene rings is 1. The quantitative estimate of drug-likeness (QED) is 0.841. The molecule has 1 heterocycles. The van der Waals surface area contributed by atoms with Gasteiger partial charge in [-0.05, 0) is 59.7 Å². The normalized spacial score (nSPS) is 15.1. The van der Waals surface area contributed by atoms with Crippen molar-refractivity contribution in [1.29, 1.82) is 0 Å². The Kier molecular flexibility index (Phi) is 2.51. The predicted molar refractivity (Wildman–Crippen MR) is 65.8 cm³/mol. The average molecular weight is 247 g/mol. The molecule has 1 aromatic heterocycles. The molecule has 0 aliphatic heterocycles. The van der Waals surface area contributed by atoms with Crippen molar-refractivity contribution in [3.63, 3.8) is 0 Å². The Labute approximate surface area is 103 Å².